The van der Waals surface area contributed by atoms with Crippen molar-refractivity contribution in [3.8, 4) is 0 Å². The summed E-state index contributed by atoms with van der Waals surface area (Å²) in [4.78, 5) is 12.7. The molecule has 0 heterocycles. The Balaban J connectivity index is 3.62. The van der Waals surface area contributed by atoms with E-state index >= 15 is 0 Å². The molecule has 0 atom stereocenters. The van der Waals surface area contributed by atoms with E-state index in [1.807, 2.05) is 0 Å². The van der Waals surface area contributed by atoms with Gasteiger partial charge in [0.2, 0.25) is 0 Å². The van der Waals surface area contributed by atoms with E-state index in [0.717, 1.165) is 0 Å². The van der Waals surface area contributed by atoms with Crippen LogP contribution in [0.4, 0.5) is 0 Å². The van der Waals surface area contributed by atoms with Crippen molar-refractivity contribution in [1.82, 2.24) is 0 Å². The van der Waals surface area contributed by atoms with Crippen LogP contribution in [-0.2, 0) is 15.2 Å². The Labute approximate surface area is 90.2 Å². The molecule has 1 aliphatic carbocycles. The fourth-order valence-corrected chi connectivity index (χ4v) is 6.55. The van der Waals surface area contributed by atoms with Crippen LogP contribution in [0.5, 0.6) is 0 Å². The Bertz CT molecular complexity index is 472. The second-order valence-corrected chi connectivity index (χ2v) is 9.93. The standard InChI is InChI=1S/C10H15.3CH2.Ti/c1-7-6-10(4,5)9(3)8(7)2;;;;/h1-5H3;3*1H2;. The Morgan fingerprint density at radius 2 is 1.36 bits per heavy atom. The Kier molecular flexibility index (Phi) is 2.67. The monoisotopic (exact) mass is 225 g/mol. The molecule has 1 heteroatoms. The number of hydrogen-bond donors (Lipinski definition) is 0. The first-order valence-electron chi connectivity index (χ1n) is 5.06. The molecule has 0 aliphatic heterocycles. The molecule has 0 aromatic heterocycles. The van der Waals surface area contributed by atoms with Crippen molar-refractivity contribution >= 4 is 14.5 Å². The number of hydrogen-bond acceptors (Lipinski definition) is 0. The average Bonchev–Trinajstić information content (AvgIpc) is 2.10. The zero-order valence-corrected chi connectivity index (χ0v) is 11.7. The van der Waals surface area contributed by atoms with Crippen LogP contribution in [0, 0.1) is 5.41 Å². The number of allylic oxidation sites excluding steroid dienone is 4. The molecule has 0 bridgehead atoms. The third-order valence-electron chi connectivity index (χ3n) is 3.59. The third-order valence-corrected chi connectivity index (χ3v) is 6.81. The van der Waals surface area contributed by atoms with Crippen LogP contribution >= 0.6 is 0 Å². The van der Waals surface area contributed by atoms with E-state index in [9.17, 15) is 0 Å². The average molecular weight is 225 g/mol. The molecule has 0 N–H and O–H groups in total. The zero-order chi connectivity index (χ0) is 11.3. The van der Waals surface area contributed by atoms with Crippen LogP contribution in [0.15, 0.2) is 20.6 Å². The first-order chi connectivity index (χ1) is 6.10. The van der Waals surface area contributed by atoms with Crippen LogP contribution in [0.3, 0.4) is 0 Å². The van der Waals surface area contributed by atoms with Crippen LogP contribution in [0.1, 0.15) is 34.6 Å². The molecule has 1 rings (SSSR count). The zero-order valence-electron chi connectivity index (χ0n) is 10.1. The summed E-state index contributed by atoms with van der Waals surface area (Å²) in [5.74, 6) is 0. The van der Waals surface area contributed by atoms with Crippen molar-refractivity contribution < 1.29 is 15.2 Å². The molecule has 0 saturated carbocycles. The summed E-state index contributed by atoms with van der Waals surface area (Å²) in [6, 6.07) is 0. The van der Waals surface area contributed by atoms with Gasteiger partial charge in [-0.25, -0.2) is 0 Å². The molecule has 0 spiro atoms. The molecular weight excluding hydrogens is 204 g/mol. The summed E-state index contributed by atoms with van der Waals surface area (Å²) in [5, 5.41) is 0. The predicted molar refractivity (Wildman–Crippen MR) is 66.2 cm³/mol. The van der Waals surface area contributed by atoms with Gasteiger partial charge in [-0.2, -0.15) is 0 Å². The van der Waals surface area contributed by atoms with Gasteiger partial charge in [-0.3, -0.25) is 0 Å². The minimum atomic E-state index is -2.43. The molecule has 1 aliphatic rings. The van der Waals surface area contributed by atoms with Crippen molar-refractivity contribution in [2.75, 3.05) is 0 Å². The minimum absolute atomic E-state index is 0.152. The molecule has 0 aromatic rings. The van der Waals surface area contributed by atoms with Crippen LogP contribution in [0.25, 0.3) is 0 Å². The summed E-state index contributed by atoms with van der Waals surface area (Å²) in [5.41, 5.74) is 4.46. The summed E-state index contributed by atoms with van der Waals surface area (Å²) >= 11 is -2.43. The first kappa shape index (κ1) is 11.9. The van der Waals surface area contributed by atoms with E-state index in [1.165, 1.54) is 20.6 Å². The first-order valence-corrected chi connectivity index (χ1v) is 9.15. The van der Waals surface area contributed by atoms with Gasteiger partial charge < -0.3 is 0 Å². The SMILES string of the molecule is [CH2]=[Ti](=[CH2])(=[CH2])[C]1=C(C)C(C)=C(C)C1(C)C. The van der Waals surface area contributed by atoms with E-state index in [4.69, 9.17) is 0 Å². The normalized spacial score (nSPS) is 20.9. The van der Waals surface area contributed by atoms with Crippen LogP contribution < -0.4 is 0 Å². The topological polar surface area (TPSA) is 0 Å². The molecule has 0 saturated heterocycles. The molecule has 0 nitrogen and oxygen atoms in total. The fourth-order valence-electron chi connectivity index (χ4n) is 2.65. The van der Waals surface area contributed by atoms with Gasteiger partial charge in [0.25, 0.3) is 0 Å². The van der Waals surface area contributed by atoms with Gasteiger partial charge in [0.05, 0.1) is 0 Å². The van der Waals surface area contributed by atoms with Crippen LogP contribution in [-0.4, -0.2) is 14.5 Å². The van der Waals surface area contributed by atoms with Crippen LogP contribution in [0.2, 0.25) is 0 Å². The molecule has 77 valence electrons. The molecule has 0 amide bonds. The summed E-state index contributed by atoms with van der Waals surface area (Å²) in [7, 11) is 0. The third kappa shape index (κ3) is 1.55. The Hall–Kier alpha value is -0.196. The predicted octanol–water partition coefficient (Wildman–Crippen LogP) is 3.09. The van der Waals surface area contributed by atoms with Gasteiger partial charge in [-0.15, -0.1) is 0 Å². The molecule has 14 heavy (non-hydrogen) atoms. The van der Waals surface area contributed by atoms with E-state index in [1.54, 1.807) is 0 Å². The van der Waals surface area contributed by atoms with E-state index in [0.29, 0.717) is 0 Å². The fraction of sp³-hybridized carbons (Fsp3) is 0.462. The van der Waals surface area contributed by atoms with Crippen molar-refractivity contribution in [2.24, 2.45) is 5.41 Å². The quantitative estimate of drug-likeness (QED) is 0.601. The summed E-state index contributed by atoms with van der Waals surface area (Å²) < 4.78 is 1.47. The maximum absolute atomic E-state index is 4.25. The van der Waals surface area contributed by atoms with Crippen molar-refractivity contribution in [1.29, 1.82) is 0 Å². The van der Waals surface area contributed by atoms with Crippen molar-refractivity contribution in [3.05, 3.63) is 20.6 Å². The van der Waals surface area contributed by atoms with E-state index in [-0.39, 0.29) is 5.41 Å². The summed E-state index contributed by atoms with van der Waals surface area (Å²) in [6.07, 6.45) is 0. The van der Waals surface area contributed by atoms with Gasteiger partial charge >= 0.3 is 90.3 Å². The van der Waals surface area contributed by atoms with Gasteiger partial charge in [0.15, 0.2) is 0 Å². The van der Waals surface area contributed by atoms with Crippen molar-refractivity contribution in [3.63, 3.8) is 0 Å². The molecule has 0 aromatic carbocycles. The van der Waals surface area contributed by atoms with Gasteiger partial charge in [0, 0.05) is 0 Å². The number of rotatable bonds is 1. The van der Waals surface area contributed by atoms with Gasteiger partial charge in [-0.1, -0.05) is 0 Å². The Morgan fingerprint density at radius 3 is 1.50 bits per heavy atom. The Morgan fingerprint density at radius 1 is 0.929 bits per heavy atom. The maximum atomic E-state index is 4.25. The van der Waals surface area contributed by atoms with E-state index < -0.39 is 15.2 Å². The second-order valence-electron chi connectivity index (χ2n) is 5.16. The van der Waals surface area contributed by atoms with Crippen molar-refractivity contribution in [2.45, 2.75) is 34.6 Å². The van der Waals surface area contributed by atoms with Gasteiger partial charge in [0.1, 0.15) is 0 Å². The summed E-state index contributed by atoms with van der Waals surface area (Å²) in [6.45, 7) is 11.2. The molecule has 0 unspecified atom stereocenters. The molecule has 0 fully saturated rings. The molecule has 0 radical (unpaired) electrons. The van der Waals surface area contributed by atoms with Gasteiger partial charge in [-0.05, 0) is 0 Å². The van der Waals surface area contributed by atoms with E-state index in [2.05, 4.69) is 49.1 Å². The second kappa shape index (κ2) is 3.15. The molecular formula is C13H21Ti.